The maximum atomic E-state index is 11.6. The highest BCUT2D eigenvalue weighted by atomic mass is 16.7. The number of aliphatic hydroxyl groups excluding tert-OH is 6. The van der Waals surface area contributed by atoms with Gasteiger partial charge in [-0.25, -0.2) is 4.79 Å². The fraction of sp³-hybridized carbons (Fsp3) is 0.879. The number of carboxylic acid groups (broad SMARTS) is 1. The normalized spacial score (nSPS) is 36.8. The molecule has 0 unspecified atom stereocenters. The SMILES string of the molecule is C=C1C(=O)O[C@@H](CCCCCCCCCCCCC[C@@H](C)O[C@@H]2O[C@H](CO[C@@H]3O[C@@H](C)[C@H](O)[C@@H](O)[C@H]3O)[C@@H](O)[C@H](O)[C@H]2O)[C@H]1C(=O)O. The van der Waals surface area contributed by atoms with E-state index >= 15 is 0 Å². The molecule has 13 atom stereocenters. The molecule has 0 aromatic carbocycles. The van der Waals surface area contributed by atoms with Crippen molar-refractivity contribution in [3.05, 3.63) is 12.2 Å². The minimum absolute atomic E-state index is 0.0355. The summed E-state index contributed by atoms with van der Waals surface area (Å²) in [5.41, 5.74) is 0.0355. The van der Waals surface area contributed by atoms with Crippen LogP contribution in [0.15, 0.2) is 12.2 Å². The molecule has 0 aromatic rings. The Labute approximate surface area is 276 Å². The van der Waals surface area contributed by atoms with E-state index in [1.807, 2.05) is 6.92 Å². The van der Waals surface area contributed by atoms with E-state index in [0.717, 1.165) is 70.6 Å². The quantitative estimate of drug-likeness (QED) is 0.0549. The highest BCUT2D eigenvalue weighted by molar-refractivity contribution is 5.97. The van der Waals surface area contributed by atoms with Crippen LogP contribution < -0.4 is 0 Å². The van der Waals surface area contributed by atoms with Gasteiger partial charge in [0.15, 0.2) is 12.6 Å². The van der Waals surface area contributed by atoms with E-state index in [1.165, 1.54) is 6.92 Å². The Bertz CT molecular complexity index is 979. The number of carbonyl (C=O) groups excluding carboxylic acids is 1. The second-order valence-corrected chi connectivity index (χ2v) is 13.2. The molecular formula is C33H56O14. The zero-order valence-electron chi connectivity index (χ0n) is 27.6. The maximum Gasteiger partial charge on any atom is 0.334 e. The minimum Gasteiger partial charge on any atom is -0.481 e. The number of ether oxygens (including phenoxy) is 5. The first-order valence-electron chi connectivity index (χ1n) is 17.1. The summed E-state index contributed by atoms with van der Waals surface area (Å²) >= 11 is 0. The van der Waals surface area contributed by atoms with Crippen LogP contribution in [0.4, 0.5) is 0 Å². The van der Waals surface area contributed by atoms with Crippen LogP contribution in [-0.2, 0) is 33.3 Å². The molecule has 0 aliphatic carbocycles. The van der Waals surface area contributed by atoms with Gasteiger partial charge in [-0.1, -0.05) is 70.8 Å². The largest absolute Gasteiger partial charge is 0.481 e. The van der Waals surface area contributed by atoms with Crippen molar-refractivity contribution in [3.8, 4) is 0 Å². The van der Waals surface area contributed by atoms with Gasteiger partial charge in [-0.2, -0.15) is 0 Å². The molecule has 3 rings (SSSR count). The van der Waals surface area contributed by atoms with Crippen LogP contribution in [0.3, 0.4) is 0 Å². The summed E-state index contributed by atoms with van der Waals surface area (Å²) in [4.78, 5) is 23.0. The Kier molecular flexibility index (Phi) is 16.4. The minimum atomic E-state index is -1.55. The smallest absolute Gasteiger partial charge is 0.334 e. The zero-order valence-corrected chi connectivity index (χ0v) is 27.6. The van der Waals surface area contributed by atoms with E-state index in [1.54, 1.807) is 0 Å². The van der Waals surface area contributed by atoms with Crippen molar-refractivity contribution in [1.29, 1.82) is 0 Å². The molecule has 7 N–H and O–H groups in total. The molecule has 14 heteroatoms. The van der Waals surface area contributed by atoms with Crippen molar-refractivity contribution >= 4 is 11.9 Å². The lowest BCUT2D eigenvalue weighted by atomic mass is 9.93. The van der Waals surface area contributed by atoms with Gasteiger partial charge in [0.05, 0.1) is 18.8 Å². The van der Waals surface area contributed by atoms with E-state index in [9.17, 15) is 45.3 Å². The van der Waals surface area contributed by atoms with Crippen LogP contribution in [0, 0.1) is 5.92 Å². The van der Waals surface area contributed by atoms with Crippen molar-refractivity contribution < 1.29 is 69.0 Å². The van der Waals surface area contributed by atoms with Gasteiger partial charge in [0.1, 0.15) is 54.7 Å². The highest BCUT2D eigenvalue weighted by Crippen LogP contribution is 2.31. The number of hydrogen-bond donors (Lipinski definition) is 7. The second kappa shape index (κ2) is 19.5. The number of carbonyl (C=O) groups is 2. The number of unbranched alkanes of at least 4 members (excludes halogenated alkanes) is 10. The Morgan fingerprint density at radius 3 is 1.87 bits per heavy atom. The Balaban J connectivity index is 1.21. The molecule has 0 radical (unpaired) electrons. The topological polar surface area (TPSA) is 222 Å². The molecule has 0 aromatic heterocycles. The first kappa shape index (κ1) is 39.7. The van der Waals surface area contributed by atoms with Gasteiger partial charge >= 0.3 is 11.9 Å². The van der Waals surface area contributed by atoms with Crippen LogP contribution in [0.2, 0.25) is 0 Å². The molecule has 0 bridgehead atoms. The third kappa shape index (κ3) is 11.4. The fourth-order valence-corrected chi connectivity index (χ4v) is 6.34. The van der Waals surface area contributed by atoms with Crippen LogP contribution in [0.1, 0.15) is 97.3 Å². The molecule has 3 fully saturated rings. The number of aliphatic hydroxyl groups is 6. The van der Waals surface area contributed by atoms with Gasteiger partial charge in [-0.3, -0.25) is 4.79 Å². The summed E-state index contributed by atoms with van der Waals surface area (Å²) in [5.74, 6) is -2.59. The number of esters is 1. The molecule has 14 nitrogen and oxygen atoms in total. The zero-order chi connectivity index (χ0) is 34.7. The lowest BCUT2D eigenvalue weighted by molar-refractivity contribution is -0.332. The fourth-order valence-electron chi connectivity index (χ4n) is 6.34. The Hall–Kier alpha value is -1.72. The number of hydrogen-bond acceptors (Lipinski definition) is 13. The first-order valence-corrected chi connectivity index (χ1v) is 17.1. The summed E-state index contributed by atoms with van der Waals surface area (Å²) in [6, 6.07) is 0. The van der Waals surface area contributed by atoms with Gasteiger partial charge in [0.25, 0.3) is 0 Å². The molecule has 0 saturated carbocycles. The summed E-state index contributed by atoms with van der Waals surface area (Å²) in [7, 11) is 0. The van der Waals surface area contributed by atoms with Crippen molar-refractivity contribution in [2.45, 2.75) is 171 Å². The molecule has 0 spiro atoms. The van der Waals surface area contributed by atoms with Gasteiger partial charge in [-0.05, 0) is 33.1 Å². The third-order valence-electron chi connectivity index (χ3n) is 9.40. The molecule has 0 amide bonds. The maximum absolute atomic E-state index is 11.6. The molecule has 3 aliphatic heterocycles. The van der Waals surface area contributed by atoms with Gasteiger partial charge in [0.2, 0.25) is 0 Å². The predicted octanol–water partition coefficient (Wildman–Crippen LogP) is 1.30. The lowest BCUT2D eigenvalue weighted by Crippen LogP contribution is -2.61. The second-order valence-electron chi connectivity index (χ2n) is 13.2. The van der Waals surface area contributed by atoms with E-state index in [0.29, 0.717) is 12.8 Å². The number of rotatable bonds is 20. The van der Waals surface area contributed by atoms with Crippen molar-refractivity contribution in [2.75, 3.05) is 6.61 Å². The van der Waals surface area contributed by atoms with E-state index in [-0.39, 0.29) is 18.3 Å². The van der Waals surface area contributed by atoms with E-state index in [2.05, 4.69) is 6.58 Å². The molecule has 272 valence electrons. The van der Waals surface area contributed by atoms with Gasteiger partial charge < -0.3 is 59.4 Å². The van der Waals surface area contributed by atoms with Crippen LogP contribution >= 0.6 is 0 Å². The number of carboxylic acids is 1. The van der Waals surface area contributed by atoms with E-state index in [4.69, 9.17) is 23.7 Å². The number of cyclic esters (lactones) is 1. The molecule has 3 saturated heterocycles. The summed E-state index contributed by atoms with van der Waals surface area (Å²) in [6.07, 6.45) is -1.27. The van der Waals surface area contributed by atoms with Crippen LogP contribution in [0.5, 0.6) is 0 Å². The van der Waals surface area contributed by atoms with Crippen LogP contribution in [-0.4, -0.2) is 128 Å². The van der Waals surface area contributed by atoms with Crippen molar-refractivity contribution in [3.63, 3.8) is 0 Å². The summed E-state index contributed by atoms with van der Waals surface area (Å²) < 4.78 is 27.6. The Morgan fingerprint density at radius 2 is 1.28 bits per heavy atom. The Morgan fingerprint density at radius 1 is 0.745 bits per heavy atom. The van der Waals surface area contributed by atoms with Crippen molar-refractivity contribution in [2.24, 2.45) is 5.92 Å². The van der Waals surface area contributed by atoms with Gasteiger partial charge in [0, 0.05) is 5.57 Å². The molecule has 47 heavy (non-hydrogen) atoms. The average Bonchev–Trinajstić information content (AvgIpc) is 3.32. The lowest BCUT2D eigenvalue weighted by Gasteiger charge is -2.43. The number of aliphatic carboxylic acids is 1. The summed E-state index contributed by atoms with van der Waals surface area (Å²) in [5, 5.41) is 70.5. The first-order chi connectivity index (χ1) is 22.3. The standard InChI is InChI=1S/C33H56O14/c1-18(15-13-11-9-7-5-4-6-8-10-12-14-16-21-23(30(40)41)19(2)31(42)46-21)44-33-29(39)27(37)25(35)22(47-33)17-43-32-28(38)26(36)24(34)20(3)45-32/h18,20-29,32-39H,2,4-17H2,1,3H3,(H,40,41)/t18-,20+,21+,22-,23+,24+,25-,26-,27+,28-,29-,32-,33-/m1/s1. The molecule has 3 aliphatic rings. The average molecular weight is 677 g/mol. The van der Waals surface area contributed by atoms with Crippen molar-refractivity contribution in [1.82, 2.24) is 0 Å². The van der Waals surface area contributed by atoms with Crippen LogP contribution in [0.25, 0.3) is 0 Å². The third-order valence-corrected chi connectivity index (χ3v) is 9.40. The van der Waals surface area contributed by atoms with Gasteiger partial charge in [-0.15, -0.1) is 0 Å². The monoisotopic (exact) mass is 676 g/mol. The molecule has 3 heterocycles. The molecular weight excluding hydrogens is 620 g/mol. The highest BCUT2D eigenvalue weighted by Gasteiger charge is 2.47. The predicted molar refractivity (Wildman–Crippen MR) is 166 cm³/mol. The summed E-state index contributed by atoms with van der Waals surface area (Å²) in [6.45, 7) is 6.58. The van der Waals surface area contributed by atoms with E-state index < -0.39 is 85.4 Å².